The van der Waals surface area contributed by atoms with Gasteiger partial charge in [-0.25, -0.2) is 4.39 Å². The van der Waals surface area contributed by atoms with E-state index < -0.39 is 11.7 Å². The van der Waals surface area contributed by atoms with Gasteiger partial charge in [0.25, 0.3) is 11.8 Å². The topological polar surface area (TPSA) is 67.4 Å². The van der Waals surface area contributed by atoms with Gasteiger partial charge in [0, 0.05) is 6.54 Å². The van der Waals surface area contributed by atoms with Crippen molar-refractivity contribution in [2.24, 2.45) is 0 Å². The highest BCUT2D eigenvalue weighted by Gasteiger charge is 2.14. The molecule has 0 aliphatic carbocycles. The second-order valence-electron chi connectivity index (χ2n) is 6.42. The Balaban J connectivity index is 1.61. The Hall–Kier alpha value is -3.67. The Morgan fingerprint density at radius 1 is 0.931 bits per heavy atom. The highest BCUT2D eigenvalue weighted by Crippen LogP contribution is 2.19. The van der Waals surface area contributed by atoms with Gasteiger partial charge in [-0.05, 0) is 42.3 Å². The number of anilines is 1. The van der Waals surface area contributed by atoms with E-state index in [4.69, 9.17) is 4.74 Å². The number of hydrogen-bond donors (Lipinski definition) is 2. The van der Waals surface area contributed by atoms with Crippen LogP contribution < -0.4 is 15.4 Å². The van der Waals surface area contributed by atoms with Crippen LogP contribution in [0.15, 0.2) is 72.8 Å². The van der Waals surface area contributed by atoms with Gasteiger partial charge in [-0.1, -0.05) is 48.5 Å². The highest BCUT2D eigenvalue weighted by atomic mass is 19.1. The molecular formula is C23H21FN2O3. The fraction of sp³-hybridized carbons (Fsp3) is 0.130. The van der Waals surface area contributed by atoms with Crippen LogP contribution >= 0.6 is 0 Å². The molecule has 5 nitrogen and oxygen atoms in total. The summed E-state index contributed by atoms with van der Waals surface area (Å²) in [5.41, 5.74) is 2.50. The summed E-state index contributed by atoms with van der Waals surface area (Å²) in [6.07, 6.45) is 0. The van der Waals surface area contributed by atoms with Crippen molar-refractivity contribution in [2.75, 3.05) is 11.9 Å². The van der Waals surface area contributed by atoms with E-state index in [0.717, 1.165) is 11.1 Å². The van der Waals surface area contributed by atoms with E-state index in [1.54, 1.807) is 30.3 Å². The van der Waals surface area contributed by atoms with Gasteiger partial charge in [0.05, 0.1) is 11.3 Å². The van der Waals surface area contributed by atoms with Crippen LogP contribution in [0, 0.1) is 12.7 Å². The van der Waals surface area contributed by atoms with E-state index in [1.807, 2.05) is 31.2 Å². The largest absolute Gasteiger partial charge is 0.483 e. The SMILES string of the molecule is Cc1ccccc1CNC(=O)c1ccccc1OCC(=O)Nc1ccccc1F. The monoisotopic (exact) mass is 392 g/mol. The molecule has 148 valence electrons. The Morgan fingerprint density at radius 2 is 1.62 bits per heavy atom. The van der Waals surface area contributed by atoms with Crippen molar-refractivity contribution in [3.63, 3.8) is 0 Å². The normalized spacial score (nSPS) is 10.3. The van der Waals surface area contributed by atoms with Gasteiger partial charge in [-0.15, -0.1) is 0 Å². The third-order valence-electron chi connectivity index (χ3n) is 4.34. The van der Waals surface area contributed by atoms with Gasteiger partial charge in [0.15, 0.2) is 6.61 Å². The lowest BCUT2D eigenvalue weighted by Crippen LogP contribution is -2.25. The number of carbonyl (C=O) groups excluding carboxylic acids is 2. The number of hydrogen-bond acceptors (Lipinski definition) is 3. The first-order valence-electron chi connectivity index (χ1n) is 9.13. The number of amides is 2. The summed E-state index contributed by atoms with van der Waals surface area (Å²) in [7, 11) is 0. The molecule has 6 heteroatoms. The van der Waals surface area contributed by atoms with Crippen LogP contribution in [0.5, 0.6) is 5.75 Å². The van der Waals surface area contributed by atoms with Gasteiger partial charge in [0.1, 0.15) is 11.6 Å². The lowest BCUT2D eigenvalue weighted by atomic mass is 10.1. The number of nitrogens with one attached hydrogen (secondary N) is 2. The van der Waals surface area contributed by atoms with Crippen molar-refractivity contribution in [1.29, 1.82) is 0 Å². The Bertz CT molecular complexity index is 1020. The van der Waals surface area contributed by atoms with Gasteiger partial charge in [-0.3, -0.25) is 9.59 Å². The van der Waals surface area contributed by atoms with Crippen molar-refractivity contribution >= 4 is 17.5 Å². The molecule has 2 N–H and O–H groups in total. The van der Waals surface area contributed by atoms with E-state index in [0.29, 0.717) is 12.1 Å². The smallest absolute Gasteiger partial charge is 0.262 e. The van der Waals surface area contributed by atoms with Crippen LogP contribution in [0.3, 0.4) is 0 Å². The van der Waals surface area contributed by atoms with Crippen LogP contribution in [-0.4, -0.2) is 18.4 Å². The number of ether oxygens (including phenoxy) is 1. The average Bonchev–Trinajstić information content (AvgIpc) is 2.73. The molecule has 0 aromatic heterocycles. The third-order valence-corrected chi connectivity index (χ3v) is 4.34. The highest BCUT2D eigenvalue weighted by molar-refractivity contribution is 5.97. The summed E-state index contributed by atoms with van der Waals surface area (Å²) in [5.74, 6) is -1.08. The zero-order valence-corrected chi connectivity index (χ0v) is 15.9. The van der Waals surface area contributed by atoms with E-state index >= 15 is 0 Å². The lowest BCUT2D eigenvalue weighted by molar-refractivity contribution is -0.118. The molecule has 3 aromatic rings. The number of carbonyl (C=O) groups is 2. The first-order valence-corrected chi connectivity index (χ1v) is 9.13. The minimum atomic E-state index is -0.531. The molecule has 0 radical (unpaired) electrons. The summed E-state index contributed by atoms with van der Waals surface area (Å²) in [6.45, 7) is 2.01. The predicted octanol–water partition coefficient (Wildman–Crippen LogP) is 4.08. The molecular weight excluding hydrogens is 371 g/mol. The zero-order chi connectivity index (χ0) is 20.6. The van der Waals surface area contributed by atoms with E-state index in [-0.39, 0.29) is 24.0 Å². The van der Waals surface area contributed by atoms with Crippen LogP contribution in [-0.2, 0) is 11.3 Å². The van der Waals surface area contributed by atoms with Crippen LogP contribution in [0.25, 0.3) is 0 Å². The van der Waals surface area contributed by atoms with E-state index in [1.165, 1.54) is 18.2 Å². The van der Waals surface area contributed by atoms with Crippen molar-refractivity contribution in [1.82, 2.24) is 5.32 Å². The van der Waals surface area contributed by atoms with Crippen molar-refractivity contribution in [3.8, 4) is 5.75 Å². The number of aryl methyl sites for hydroxylation is 1. The average molecular weight is 392 g/mol. The molecule has 0 aliphatic rings. The summed E-state index contributed by atoms with van der Waals surface area (Å²) in [4.78, 5) is 24.7. The lowest BCUT2D eigenvalue weighted by Gasteiger charge is -2.13. The Kier molecular flexibility index (Phi) is 6.58. The molecule has 0 saturated heterocycles. The number of rotatable bonds is 7. The van der Waals surface area contributed by atoms with Crippen LogP contribution in [0.1, 0.15) is 21.5 Å². The minimum absolute atomic E-state index is 0.0744. The number of para-hydroxylation sites is 2. The Morgan fingerprint density at radius 3 is 2.41 bits per heavy atom. The number of halogens is 1. The van der Waals surface area contributed by atoms with Crippen molar-refractivity contribution in [3.05, 3.63) is 95.3 Å². The maximum atomic E-state index is 13.6. The summed E-state index contributed by atoms with van der Waals surface area (Å²) in [6, 6.07) is 20.3. The molecule has 0 fully saturated rings. The standard InChI is InChI=1S/C23H21FN2O3/c1-16-8-2-3-9-17(16)14-25-23(28)18-10-4-7-13-21(18)29-15-22(27)26-20-12-6-5-11-19(20)24/h2-13H,14-15H2,1H3,(H,25,28)(H,26,27). The van der Waals surface area contributed by atoms with Crippen LogP contribution in [0.2, 0.25) is 0 Å². The molecule has 0 heterocycles. The third kappa shape index (κ3) is 5.42. The second-order valence-corrected chi connectivity index (χ2v) is 6.42. The Labute approximate surface area is 168 Å². The molecule has 0 atom stereocenters. The summed E-state index contributed by atoms with van der Waals surface area (Å²) >= 11 is 0. The van der Waals surface area contributed by atoms with Crippen LogP contribution in [0.4, 0.5) is 10.1 Å². The first kappa shape index (κ1) is 20.1. The van der Waals surface area contributed by atoms with E-state index in [9.17, 15) is 14.0 Å². The predicted molar refractivity (Wildman–Crippen MR) is 109 cm³/mol. The fourth-order valence-electron chi connectivity index (χ4n) is 2.75. The van der Waals surface area contributed by atoms with Crippen molar-refractivity contribution in [2.45, 2.75) is 13.5 Å². The molecule has 3 rings (SSSR count). The first-order chi connectivity index (χ1) is 14.0. The molecule has 0 aliphatic heterocycles. The second kappa shape index (κ2) is 9.50. The molecule has 0 spiro atoms. The molecule has 3 aromatic carbocycles. The molecule has 0 unspecified atom stereocenters. The van der Waals surface area contributed by atoms with Gasteiger partial charge >= 0.3 is 0 Å². The summed E-state index contributed by atoms with van der Waals surface area (Å²) in [5, 5.41) is 5.30. The van der Waals surface area contributed by atoms with E-state index in [2.05, 4.69) is 10.6 Å². The molecule has 0 saturated carbocycles. The molecule has 0 bridgehead atoms. The number of benzene rings is 3. The molecule has 29 heavy (non-hydrogen) atoms. The zero-order valence-electron chi connectivity index (χ0n) is 15.9. The maximum Gasteiger partial charge on any atom is 0.262 e. The summed E-state index contributed by atoms with van der Waals surface area (Å²) < 4.78 is 19.1. The van der Waals surface area contributed by atoms with Gasteiger partial charge in [0.2, 0.25) is 0 Å². The minimum Gasteiger partial charge on any atom is -0.483 e. The maximum absolute atomic E-state index is 13.6. The molecule has 2 amide bonds. The quantitative estimate of drug-likeness (QED) is 0.637. The fourth-order valence-corrected chi connectivity index (χ4v) is 2.75. The van der Waals surface area contributed by atoms with Crippen molar-refractivity contribution < 1.29 is 18.7 Å². The van der Waals surface area contributed by atoms with Gasteiger partial charge < -0.3 is 15.4 Å². The van der Waals surface area contributed by atoms with Gasteiger partial charge in [-0.2, -0.15) is 0 Å².